The van der Waals surface area contributed by atoms with Gasteiger partial charge in [0.1, 0.15) is 0 Å². The van der Waals surface area contributed by atoms with Gasteiger partial charge in [-0.3, -0.25) is 4.79 Å². The zero-order valence-electron chi connectivity index (χ0n) is 19.7. The number of carbonyl (C=O) groups is 2. The van der Waals surface area contributed by atoms with Crippen molar-refractivity contribution < 1.29 is 19.1 Å². The van der Waals surface area contributed by atoms with E-state index in [0.29, 0.717) is 38.0 Å². The Morgan fingerprint density at radius 2 is 1.78 bits per heavy atom. The topological polar surface area (TPSA) is 77.0 Å². The van der Waals surface area contributed by atoms with E-state index in [1.165, 1.54) is 11.8 Å². The van der Waals surface area contributed by atoms with Crippen molar-refractivity contribution in [2.24, 2.45) is 4.99 Å². The number of halogens is 1. The highest BCUT2D eigenvalue weighted by Gasteiger charge is 2.25. The molecule has 1 N–H and O–H groups in total. The summed E-state index contributed by atoms with van der Waals surface area (Å²) in [4.78, 5) is 30.7. The van der Waals surface area contributed by atoms with Gasteiger partial charge in [0.15, 0.2) is 16.7 Å². The highest BCUT2D eigenvalue weighted by atomic mass is 79.9. The summed E-state index contributed by atoms with van der Waals surface area (Å²) in [6, 6.07) is 26.1. The highest BCUT2D eigenvalue weighted by molar-refractivity contribution is 9.10. The second-order valence-electron chi connectivity index (χ2n) is 8.00. The molecule has 5 rings (SSSR count). The van der Waals surface area contributed by atoms with Crippen molar-refractivity contribution in [2.45, 2.75) is 6.92 Å². The van der Waals surface area contributed by atoms with E-state index in [1.54, 1.807) is 24.3 Å². The predicted molar refractivity (Wildman–Crippen MR) is 151 cm³/mol. The lowest BCUT2D eigenvalue weighted by molar-refractivity contribution is -0.115. The Kier molecular flexibility index (Phi) is 7.39. The lowest BCUT2D eigenvalue weighted by atomic mass is 10.0. The summed E-state index contributed by atoms with van der Waals surface area (Å²) in [7, 11) is 0. The lowest BCUT2D eigenvalue weighted by Gasteiger charge is -2.14. The van der Waals surface area contributed by atoms with Crippen molar-refractivity contribution in [3.05, 3.63) is 105 Å². The van der Waals surface area contributed by atoms with E-state index in [1.807, 2.05) is 73.7 Å². The molecule has 0 atom stereocenters. The minimum atomic E-state index is -0.489. The van der Waals surface area contributed by atoms with Crippen LogP contribution in [0, 0.1) is 0 Å². The molecule has 8 heteroatoms. The molecule has 0 radical (unpaired) electrons. The van der Waals surface area contributed by atoms with Crippen LogP contribution in [0.5, 0.6) is 11.5 Å². The first-order valence-electron chi connectivity index (χ1n) is 11.5. The van der Waals surface area contributed by atoms with Gasteiger partial charge in [-0.1, -0.05) is 54.6 Å². The number of ether oxygens (including phenoxy) is 2. The molecule has 0 unspecified atom stereocenters. The van der Waals surface area contributed by atoms with Gasteiger partial charge in [-0.2, -0.15) is 0 Å². The molecule has 4 aromatic carbocycles. The quantitative estimate of drug-likeness (QED) is 0.151. The van der Waals surface area contributed by atoms with Gasteiger partial charge in [0.2, 0.25) is 0 Å². The summed E-state index contributed by atoms with van der Waals surface area (Å²) < 4.78 is 12.2. The van der Waals surface area contributed by atoms with E-state index in [2.05, 4.69) is 26.2 Å². The Morgan fingerprint density at radius 3 is 2.59 bits per heavy atom. The van der Waals surface area contributed by atoms with Crippen LogP contribution in [0.4, 0.5) is 5.69 Å². The second-order valence-corrected chi connectivity index (χ2v) is 9.88. The van der Waals surface area contributed by atoms with Gasteiger partial charge < -0.3 is 14.8 Å². The number of nitrogens with one attached hydrogen (secondary N) is 1. The van der Waals surface area contributed by atoms with Gasteiger partial charge in [-0.15, -0.1) is 0 Å². The maximum Gasteiger partial charge on any atom is 0.344 e. The van der Waals surface area contributed by atoms with Crippen LogP contribution in [0.15, 0.2) is 99.3 Å². The summed E-state index contributed by atoms with van der Waals surface area (Å²) >= 11 is 4.78. The van der Waals surface area contributed by atoms with Crippen LogP contribution in [-0.4, -0.2) is 23.7 Å². The number of esters is 1. The van der Waals surface area contributed by atoms with E-state index < -0.39 is 5.97 Å². The molecule has 4 aromatic rings. The number of amidine groups is 1. The maximum atomic E-state index is 13.1. The summed E-state index contributed by atoms with van der Waals surface area (Å²) in [6.45, 7) is 2.22. The number of hydrogen-bond acceptors (Lipinski definition) is 6. The van der Waals surface area contributed by atoms with Crippen LogP contribution in [-0.2, 0) is 4.79 Å². The first kappa shape index (κ1) is 24.8. The molecule has 184 valence electrons. The minimum absolute atomic E-state index is 0.236. The molecule has 1 amide bonds. The molecule has 1 heterocycles. The fraction of sp³-hybridized carbons (Fsp3) is 0.0690. The summed E-state index contributed by atoms with van der Waals surface area (Å²) in [5.41, 5.74) is 1.92. The molecule has 0 bridgehead atoms. The average molecular weight is 573 g/mol. The Bertz CT molecular complexity index is 1560. The number of nitrogens with zero attached hydrogens (tertiary/aromatic N) is 1. The van der Waals surface area contributed by atoms with E-state index in [-0.39, 0.29) is 11.7 Å². The third kappa shape index (κ3) is 5.60. The highest BCUT2D eigenvalue weighted by Crippen LogP contribution is 2.39. The molecule has 1 aliphatic rings. The van der Waals surface area contributed by atoms with Crippen molar-refractivity contribution in [1.29, 1.82) is 0 Å². The number of thioether (sulfide) groups is 1. The van der Waals surface area contributed by atoms with Gasteiger partial charge >= 0.3 is 5.97 Å². The van der Waals surface area contributed by atoms with Crippen LogP contribution in [0.3, 0.4) is 0 Å². The first-order valence-corrected chi connectivity index (χ1v) is 13.1. The molecule has 1 fully saturated rings. The maximum absolute atomic E-state index is 13.1. The lowest BCUT2D eigenvalue weighted by Crippen LogP contribution is -2.19. The van der Waals surface area contributed by atoms with Crippen molar-refractivity contribution in [3.63, 3.8) is 0 Å². The number of fused-ring (bicyclic) bond motifs is 1. The van der Waals surface area contributed by atoms with Gasteiger partial charge in [0.05, 0.1) is 27.2 Å². The monoisotopic (exact) mass is 572 g/mol. The van der Waals surface area contributed by atoms with Gasteiger partial charge in [0.25, 0.3) is 5.91 Å². The Labute approximate surface area is 226 Å². The molecule has 0 aromatic heterocycles. The minimum Gasteiger partial charge on any atom is -0.490 e. The zero-order valence-corrected chi connectivity index (χ0v) is 22.1. The summed E-state index contributed by atoms with van der Waals surface area (Å²) in [6.07, 6.45) is 1.75. The normalized spacial score (nSPS) is 15.2. The van der Waals surface area contributed by atoms with Crippen LogP contribution in [0.2, 0.25) is 0 Å². The van der Waals surface area contributed by atoms with E-state index in [0.717, 1.165) is 16.5 Å². The summed E-state index contributed by atoms with van der Waals surface area (Å²) in [5.74, 6) is -0.0621. The van der Waals surface area contributed by atoms with Gasteiger partial charge in [-0.25, -0.2) is 9.79 Å². The smallest absolute Gasteiger partial charge is 0.344 e. The molecule has 0 aliphatic carbocycles. The molecule has 37 heavy (non-hydrogen) atoms. The van der Waals surface area contributed by atoms with Crippen molar-refractivity contribution in [3.8, 4) is 11.5 Å². The Hall–Kier alpha value is -3.88. The number of para-hydroxylation sites is 1. The van der Waals surface area contributed by atoms with Gasteiger partial charge in [0, 0.05) is 0 Å². The fourth-order valence-corrected chi connectivity index (χ4v) is 5.22. The van der Waals surface area contributed by atoms with Gasteiger partial charge in [-0.05, 0) is 87.4 Å². The largest absolute Gasteiger partial charge is 0.490 e. The van der Waals surface area contributed by atoms with Crippen molar-refractivity contribution in [1.82, 2.24) is 5.32 Å². The SMILES string of the molecule is CCOc1cc(/C=C2\SC(=Nc3ccccc3)NC2=O)cc(Br)c1OC(=O)c1cccc2ccccc12. The number of rotatable bonds is 6. The molecule has 1 aliphatic heterocycles. The third-order valence-corrected chi connectivity index (χ3v) is 6.97. The summed E-state index contributed by atoms with van der Waals surface area (Å²) in [5, 5.41) is 5.05. The van der Waals surface area contributed by atoms with Crippen LogP contribution in [0.1, 0.15) is 22.8 Å². The standard InChI is InChI=1S/C29H21BrN2O4S/c1-2-35-24-16-18(17-25-27(33)32-29(37-25)31-20-11-4-3-5-12-20)15-23(30)26(24)36-28(34)22-14-8-10-19-9-6-7-13-21(19)22/h3-17H,2H2,1H3,(H,31,32,33)/b25-17-. The Balaban J connectivity index is 1.43. The van der Waals surface area contributed by atoms with E-state index >= 15 is 0 Å². The third-order valence-electron chi connectivity index (χ3n) is 5.47. The molecule has 0 saturated carbocycles. The zero-order chi connectivity index (χ0) is 25.8. The van der Waals surface area contributed by atoms with Crippen LogP contribution < -0.4 is 14.8 Å². The number of amides is 1. The number of carbonyl (C=O) groups excluding carboxylic acids is 2. The second kappa shape index (κ2) is 11.0. The number of aliphatic imine (C=N–C) groups is 1. The molecule has 0 spiro atoms. The van der Waals surface area contributed by atoms with Crippen molar-refractivity contribution in [2.75, 3.05) is 6.61 Å². The average Bonchev–Trinajstić information content (AvgIpc) is 3.24. The van der Waals surface area contributed by atoms with Crippen molar-refractivity contribution >= 4 is 67.3 Å². The van der Waals surface area contributed by atoms with Crippen LogP contribution in [0.25, 0.3) is 16.8 Å². The number of benzene rings is 4. The molecule has 1 saturated heterocycles. The predicted octanol–water partition coefficient (Wildman–Crippen LogP) is 7.11. The van der Waals surface area contributed by atoms with E-state index in [4.69, 9.17) is 9.47 Å². The molecule has 6 nitrogen and oxygen atoms in total. The molecular weight excluding hydrogens is 552 g/mol. The van der Waals surface area contributed by atoms with Crippen LogP contribution >= 0.6 is 27.7 Å². The van der Waals surface area contributed by atoms with E-state index in [9.17, 15) is 9.59 Å². The molecular formula is C29H21BrN2O4S. The first-order chi connectivity index (χ1) is 18.0. The number of hydrogen-bond donors (Lipinski definition) is 1. The fourth-order valence-electron chi connectivity index (χ4n) is 3.84. The Morgan fingerprint density at radius 1 is 1.03 bits per heavy atom.